The Morgan fingerprint density at radius 1 is 0.758 bits per heavy atom. The van der Waals surface area contributed by atoms with Gasteiger partial charge in [-0.05, 0) is 59.0 Å². The quantitative estimate of drug-likeness (QED) is 0.205. The smallest absolute Gasteiger partial charge is 0.206 e. The predicted octanol–water partition coefficient (Wildman–Crippen LogP) is 7.95. The highest BCUT2D eigenvalue weighted by atomic mass is 19.4. The molecule has 0 spiro atoms. The lowest BCUT2D eigenvalue weighted by molar-refractivity contribution is -0.0696. The van der Waals surface area contributed by atoms with E-state index in [9.17, 15) is 30.7 Å². The minimum atomic E-state index is -4.91. The Balaban J connectivity index is 1.87. The average molecular weight is 462 g/mol. The van der Waals surface area contributed by atoms with Gasteiger partial charge in [0.1, 0.15) is 23.3 Å². The van der Waals surface area contributed by atoms with Gasteiger partial charge in [0.15, 0.2) is 0 Å². The number of aryl methyl sites for hydroxylation is 1. The third-order valence-electron chi connectivity index (χ3n) is 4.74. The lowest BCUT2D eigenvalue weighted by Crippen LogP contribution is -2.02. The molecule has 0 heterocycles. The molecule has 0 nitrogen and oxygen atoms in total. The summed E-state index contributed by atoms with van der Waals surface area (Å²) in [6.07, 6.45) is -0.997. The molecule has 0 radical (unpaired) electrons. The normalized spacial score (nSPS) is 11.5. The first-order chi connectivity index (χ1) is 15.6. The van der Waals surface area contributed by atoms with E-state index >= 15 is 0 Å². The van der Waals surface area contributed by atoms with E-state index in [1.165, 1.54) is 5.92 Å². The average Bonchev–Trinajstić information content (AvgIpc) is 2.72. The molecule has 3 aromatic rings. The van der Waals surface area contributed by atoms with E-state index in [1.807, 2.05) is 19.1 Å². The Kier molecular flexibility index (Phi) is 7.27. The second kappa shape index (κ2) is 9.95. The summed E-state index contributed by atoms with van der Waals surface area (Å²) in [7, 11) is 0. The van der Waals surface area contributed by atoms with Crippen molar-refractivity contribution in [1.82, 2.24) is 0 Å². The van der Waals surface area contributed by atoms with Gasteiger partial charge in [0, 0.05) is 11.5 Å². The van der Waals surface area contributed by atoms with Crippen molar-refractivity contribution >= 4 is 12.2 Å². The Labute approximate surface area is 186 Å². The van der Waals surface area contributed by atoms with E-state index in [4.69, 9.17) is 0 Å². The predicted molar refractivity (Wildman–Crippen MR) is 114 cm³/mol. The van der Waals surface area contributed by atoms with Gasteiger partial charge < -0.3 is 0 Å². The lowest BCUT2D eigenvalue weighted by atomic mass is 10.00. The number of benzene rings is 3. The summed E-state index contributed by atoms with van der Waals surface area (Å²) in [6.45, 7) is 2.05. The van der Waals surface area contributed by atoms with Crippen LogP contribution in [-0.4, -0.2) is 6.18 Å². The molecule has 0 aliphatic heterocycles. The van der Waals surface area contributed by atoms with Gasteiger partial charge in [-0.25, -0.2) is 17.6 Å². The summed E-state index contributed by atoms with van der Waals surface area (Å²) < 4.78 is 93.6. The molecule has 3 rings (SSSR count). The first-order valence-corrected chi connectivity index (χ1v) is 9.92. The van der Waals surface area contributed by atoms with Gasteiger partial charge in [-0.1, -0.05) is 49.6 Å². The molecule has 170 valence electrons. The van der Waals surface area contributed by atoms with Crippen LogP contribution in [0.1, 0.15) is 35.6 Å². The Hall–Kier alpha value is -3.53. The number of hydrogen-bond acceptors (Lipinski definition) is 0. The molecule has 0 amide bonds. The number of rotatable bonds is 5. The second-order valence-corrected chi connectivity index (χ2v) is 7.24. The van der Waals surface area contributed by atoms with Gasteiger partial charge in [-0.2, -0.15) is 13.2 Å². The largest absolute Gasteiger partial charge is 0.458 e. The molecule has 0 unspecified atom stereocenters. The van der Waals surface area contributed by atoms with Crippen LogP contribution < -0.4 is 0 Å². The van der Waals surface area contributed by atoms with Crippen LogP contribution in [0.15, 0.2) is 48.5 Å². The lowest BCUT2D eigenvalue weighted by Gasteiger charge is -2.07. The van der Waals surface area contributed by atoms with Gasteiger partial charge >= 0.3 is 6.18 Å². The highest BCUT2D eigenvalue weighted by molar-refractivity contribution is 5.73. The molecule has 7 heteroatoms. The number of halogens is 7. The van der Waals surface area contributed by atoms with Gasteiger partial charge in [-0.15, -0.1) is 0 Å². The fourth-order valence-electron chi connectivity index (χ4n) is 3.18. The molecule has 0 atom stereocenters. The maximum Gasteiger partial charge on any atom is 0.458 e. The van der Waals surface area contributed by atoms with Crippen molar-refractivity contribution in [2.75, 3.05) is 0 Å². The van der Waals surface area contributed by atoms with Crippen molar-refractivity contribution in [2.24, 2.45) is 0 Å². The highest BCUT2D eigenvalue weighted by Crippen LogP contribution is 2.27. The van der Waals surface area contributed by atoms with Crippen LogP contribution in [-0.2, 0) is 6.42 Å². The van der Waals surface area contributed by atoms with E-state index in [2.05, 4.69) is 0 Å². The molecular formula is C26H17F7. The number of alkyl halides is 3. The molecule has 0 aliphatic carbocycles. The minimum Gasteiger partial charge on any atom is -0.206 e. The molecule has 0 aliphatic rings. The molecule has 0 N–H and O–H groups in total. The van der Waals surface area contributed by atoms with E-state index < -0.39 is 40.6 Å². The molecule has 0 aromatic heterocycles. The molecule has 0 bridgehead atoms. The monoisotopic (exact) mass is 462 g/mol. The third kappa shape index (κ3) is 6.26. The first-order valence-electron chi connectivity index (χ1n) is 9.92. The Morgan fingerprint density at radius 2 is 1.33 bits per heavy atom. The standard InChI is InChI=1S/C26H17F7/c1-2-3-16-4-7-18(8-5-16)19-14-24(29)20(25(30)15-19)9-6-17-12-22(27)21(23(28)13-17)10-11-26(31,32)33/h4-9,12-15H,2-3H2,1H3. The van der Waals surface area contributed by atoms with Crippen molar-refractivity contribution in [3.63, 3.8) is 0 Å². The molecule has 0 fully saturated rings. The molecule has 0 saturated heterocycles. The van der Waals surface area contributed by atoms with Crippen LogP contribution >= 0.6 is 0 Å². The fraction of sp³-hybridized carbons (Fsp3) is 0.154. The maximum atomic E-state index is 14.6. The zero-order chi connectivity index (χ0) is 24.2. The summed E-state index contributed by atoms with van der Waals surface area (Å²) >= 11 is 0. The SMILES string of the molecule is CCCc1ccc(-c2cc(F)c(C=Cc3cc(F)c(C#CC(F)(F)F)c(F)c3)c(F)c2)cc1. The molecule has 33 heavy (non-hydrogen) atoms. The maximum absolute atomic E-state index is 14.6. The molecular weight excluding hydrogens is 445 g/mol. The summed E-state index contributed by atoms with van der Waals surface area (Å²) in [5.74, 6) is -2.22. The van der Waals surface area contributed by atoms with Crippen molar-refractivity contribution in [1.29, 1.82) is 0 Å². The minimum absolute atomic E-state index is 0.142. The van der Waals surface area contributed by atoms with Gasteiger partial charge in [0.05, 0.1) is 5.56 Å². The van der Waals surface area contributed by atoms with Crippen molar-refractivity contribution in [3.8, 4) is 23.0 Å². The van der Waals surface area contributed by atoms with Crippen molar-refractivity contribution in [3.05, 3.63) is 94.1 Å². The van der Waals surface area contributed by atoms with Gasteiger partial charge in [0.2, 0.25) is 0 Å². The fourth-order valence-corrected chi connectivity index (χ4v) is 3.18. The summed E-state index contributed by atoms with van der Waals surface area (Å²) in [5, 5.41) is 0. The van der Waals surface area contributed by atoms with Crippen LogP contribution in [0.4, 0.5) is 30.7 Å². The van der Waals surface area contributed by atoms with Gasteiger partial charge in [-0.3, -0.25) is 0 Å². The first kappa shape index (κ1) is 24.1. The van der Waals surface area contributed by atoms with E-state index in [0.717, 1.165) is 60.7 Å². The van der Waals surface area contributed by atoms with Crippen LogP contribution in [0.2, 0.25) is 0 Å². The summed E-state index contributed by atoms with van der Waals surface area (Å²) in [6, 6.07) is 11.0. The third-order valence-corrected chi connectivity index (χ3v) is 4.74. The Bertz CT molecular complexity index is 1190. The summed E-state index contributed by atoms with van der Waals surface area (Å²) in [5.41, 5.74) is 0.450. The topological polar surface area (TPSA) is 0 Å². The molecule has 0 saturated carbocycles. The molecule has 3 aromatic carbocycles. The van der Waals surface area contributed by atoms with Crippen LogP contribution in [0.3, 0.4) is 0 Å². The van der Waals surface area contributed by atoms with Gasteiger partial charge in [0.25, 0.3) is 0 Å². The van der Waals surface area contributed by atoms with Crippen LogP contribution in [0, 0.1) is 35.1 Å². The highest BCUT2D eigenvalue weighted by Gasteiger charge is 2.23. The van der Waals surface area contributed by atoms with E-state index in [1.54, 1.807) is 12.1 Å². The van der Waals surface area contributed by atoms with E-state index in [-0.39, 0.29) is 5.56 Å². The van der Waals surface area contributed by atoms with Crippen molar-refractivity contribution in [2.45, 2.75) is 25.9 Å². The number of hydrogen-bond donors (Lipinski definition) is 0. The van der Waals surface area contributed by atoms with Crippen LogP contribution in [0.5, 0.6) is 0 Å². The zero-order valence-electron chi connectivity index (χ0n) is 17.3. The summed E-state index contributed by atoms with van der Waals surface area (Å²) in [4.78, 5) is 0. The van der Waals surface area contributed by atoms with Crippen LogP contribution in [0.25, 0.3) is 23.3 Å². The van der Waals surface area contributed by atoms with Crippen molar-refractivity contribution < 1.29 is 30.7 Å². The Morgan fingerprint density at radius 3 is 1.85 bits per heavy atom. The second-order valence-electron chi connectivity index (χ2n) is 7.24. The zero-order valence-corrected chi connectivity index (χ0v) is 17.3. The van der Waals surface area contributed by atoms with E-state index in [0.29, 0.717) is 11.1 Å².